The van der Waals surface area contributed by atoms with Gasteiger partial charge in [-0.05, 0) is 18.4 Å². The predicted molar refractivity (Wildman–Crippen MR) is 37.4 cm³/mol. The van der Waals surface area contributed by atoms with Crippen LogP contribution in [0.5, 0.6) is 0 Å². The van der Waals surface area contributed by atoms with E-state index in [0.717, 1.165) is 4.81 Å². The lowest BCUT2D eigenvalue weighted by atomic mass is 9.97. The van der Waals surface area contributed by atoms with Crippen LogP contribution in [-0.2, 0) is 0 Å². The standard InChI is InChI=1S/C5H6BF2N3/c7-6(8)10-9-5-3-1-2-4-11(5)6/h1-4H,10H2. The number of fused-ring (bicyclic) bond motifs is 1. The molecule has 0 fully saturated rings. The second-order valence-corrected chi connectivity index (χ2v) is 2.42. The van der Waals surface area contributed by atoms with Crippen molar-refractivity contribution >= 4 is 12.8 Å². The van der Waals surface area contributed by atoms with E-state index < -0.39 is 6.97 Å². The van der Waals surface area contributed by atoms with Crippen molar-refractivity contribution in [3.8, 4) is 0 Å². The van der Waals surface area contributed by atoms with Gasteiger partial charge in [0.1, 0.15) is 0 Å². The number of allylic oxidation sites excluding steroid dienone is 2. The first kappa shape index (κ1) is 6.54. The molecule has 0 aromatic carbocycles. The average molecular weight is 157 g/mol. The van der Waals surface area contributed by atoms with E-state index in [-0.39, 0.29) is 0 Å². The summed E-state index contributed by atoms with van der Waals surface area (Å²) in [5, 5.41) is 4.27. The van der Waals surface area contributed by atoms with Crippen molar-refractivity contribution in [3.05, 3.63) is 24.4 Å². The quantitative estimate of drug-likeness (QED) is 0.377. The van der Waals surface area contributed by atoms with Crippen LogP contribution in [0.1, 0.15) is 0 Å². The Bertz CT molecular complexity index is 271. The molecule has 0 spiro atoms. The number of amidine groups is 1. The lowest BCUT2D eigenvalue weighted by Gasteiger charge is -2.24. The number of quaternary nitrogens is 1. The summed E-state index contributed by atoms with van der Waals surface area (Å²) in [6.07, 6.45) is 6.13. The molecule has 2 heterocycles. The zero-order chi connectivity index (χ0) is 7.90. The molecule has 0 radical (unpaired) electrons. The summed E-state index contributed by atoms with van der Waals surface area (Å²) < 4.78 is 25.6. The van der Waals surface area contributed by atoms with Crippen LogP contribution in [-0.4, -0.2) is 17.6 Å². The summed E-state index contributed by atoms with van der Waals surface area (Å²) in [5.41, 5.74) is 0. The highest BCUT2D eigenvalue weighted by atomic mass is 19.2. The minimum Gasteiger partial charge on any atom is -0.397 e. The lowest BCUT2D eigenvalue weighted by Crippen LogP contribution is -2.93. The molecule has 6 heteroatoms. The first-order chi connectivity index (χ1) is 5.20. The van der Waals surface area contributed by atoms with Gasteiger partial charge in [0.05, 0.1) is 0 Å². The molecule has 2 N–H and O–H groups in total. The summed E-state index contributed by atoms with van der Waals surface area (Å²) in [6, 6.07) is 0. The first-order valence-electron chi connectivity index (χ1n) is 3.28. The fourth-order valence-corrected chi connectivity index (χ4v) is 1.09. The second-order valence-electron chi connectivity index (χ2n) is 2.42. The van der Waals surface area contributed by atoms with Gasteiger partial charge >= 0.3 is 6.97 Å². The van der Waals surface area contributed by atoms with Gasteiger partial charge in [0.2, 0.25) is 0 Å². The molecular formula is C5H6BF2N3. The van der Waals surface area contributed by atoms with Gasteiger partial charge in [-0.3, -0.25) is 0 Å². The van der Waals surface area contributed by atoms with Gasteiger partial charge in [0.15, 0.2) is 5.84 Å². The fourth-order valence-electron chi connectivity index (χ4n) is 1.09. The summed E-state index contributed by atoms with van der Waals surface area (Å²) in [7, 11) is 0. The van der Waals surface area contributed by atoms with Gasteiger partial charge in [-0.2, -0.15) is 0 Å². The maximum Gasteiger partial charge on any atom is 0.683 e. The number of halogens is 2. The maximum atomic E-state index is 12.8. The highest BCUT2D eigenvalue weighted by Crippen LogP contribution is 2.14. The van der Waals surface area contributed by atoms with E-state index >= 15 is 0 Å². The van der Waals surface area contributed by atoms with E-state index in [1.54, 1.807) is 18.2 Å². The van der Waals surface area contributed by atoms with E-state index in [4.69, 9.17) is 0 Å². The van der Waals surface area contributed by atoms with Gasteiger partial charge < -0.3 is 18.8 Å². The SMILES string of the molecule is F[B-]1(F)[NH2+]N=C2C=CC=CN21. The Morgan fingerprint density at radius 1 is 1.45 bits per heavy atom. The predicted octanol–water partition coefficient (Wildman–Crippen LogP) is -0.363. The van der Waals surface area contributed by atoms with Crippen LogP contribution in [0.2, 0.25) is 0 Å². The topological polar surface area (TPSA) is 32.2 Å². The molecule has 0 aromatic heterocycles. The summed E-state index contributed by atoms with van der Waals surface area (Å²) in [4.78, 5) is 0.889. The van der Waals surface area contributed by atoms with E-state index in [1.807, 2.05) is 0 Å². The molecule has 11 heavy (non-hydrogen) atoms. The molecule has 0 aliphatic carbocycles. The molecule has 2 aliphatic heterocycles. The van der Waals surface area contributed by atoms with Gasteiger partial charge in [-0.15, -0.1) is 5.10 Å². The Kier molecular flexibility index (Phi) is 1.14. The first-order valence-corrected chi connectivity index (χ1v) is 3.28. The Balaban J connectivity index is 2.35. The number of nitrogens with zero attached hydrogens (tertiary/aromatic N) is 2. The lowest BCUT2D eigenvalue weighted by molar-refractivity contribution is -0.554. The fraction of sp³-hybridized carbons (Fsp3) is 0. The van der Waals surface area contributed by atoms with Crippen molar-refractivity contribution in [2.45, 2.75) is 0 Å². The number of hydrogen-bond acceptors (Lipinski definition) is 2. The molecule has 0 bridgehead atoms. The number of hydrogen-bond donors (Lipinski definition) is 1. The van der Waals surface area contributed by atoms with Crippen molar-refractivity contribution < 1.29 is 14.0 Å². The second kappa shape index (κ2) is 1.91. The Morgan fingerprint density at radius 2 is 2.27 bits per heavy atom. The minimum atomic E-state index is -3.57. The van der Waals surface area contributed by atoms with Gasteiger partial charge in [-0.25, -0.2) is 0 Å². The monoisotopic (exact) mass is 157 g/mol. The molecule has 0 amide bonds. The van der Waals surface area contributed by atoms with E-state index in [9.17, 15) is 8.63 Å². The third-order valence-electron chi connectivity index (χ3n) is 1.62. The molecule has 58 valence electrons. The van der Waals surface area contributed by atoms with Gasteiger partial charge in [0.25, 0.3) is 0 Å². The van der Waals surface area contributed by atoms with Crippen LogP contribution in [0.4, 0.5) is 8.63 Å². The molecule has 0 saturated carbocycles. The Morgan fingerprint density at radius 3 is 3.00 bits per heavy atom. The molecule has 2 rings (SSSR count). The molecule has 3 nitrogen and oxygen atoms in total. The van der Waals surface area contributed by atoms with E-state index in [0.29, 0.717) is 11.2 Å². The molecule has 0 saturated heterocycles. The maximum absolute atomic E-state index is 12.8. The number of nitrogens with two attached hydrogens (primary N) is 1. The Labute approximate surface area is 62.1 Å². The summed E-state index contributed by atoms with van der Waals surface area (Å²) in [5.74, 6) is 0.317. The highest BCUT2D eigenvalue weighted by molar-refractivity contribution is 6.58. The molecule has 2 aliphatic rings. The Hall–Kier alpha value is -1.17. The highest BCUT2D eigenvalue weighted by Gasteiger charge is 2.46. The largest absolute Gasteiger partial charge is 0.683 e. The van der Waals surface area contributed by atoms with Gasteiger partial charge in [0, 0.05) is 0 Å². The smallest absolute Gasteiger partial charge is 0.397 e. The van der Waals surface area contributed by atoms with Crippen molar-refractivity contribution in [1.82, 2.24) is 4.81 Å². The zero-order valence-corrected chi connectivity index (χ0v) is 5.61. The van der Waals surface area contributed by atoms with Crippen LogP contribution < -0.4 is 5.34 Å². The van der Waals surface area contributed by atoms with Gasteiger partial charge in [-0.1, -0.05) is 6.08 Å². The minimum absolute atomic E-state index is 0.317. The molecule has 0 atom stereocenters. The van der Waals surface area contributed by atoms with E-state index in [2.05, 4.69) is 5.10 Å². The molecule has 0 unspecified atom stereocenters. The summed E-state index contributed by atoms with van der Waals surface area (Å²) >= 11 is 0. The van der Waals surface area contributed by atoms with Crippen LogP contribution in [0.25, 0.3) is 0 Å². The molecular weight excluding hydrogens is 151 g/mol. The number of rotatable bonds is 0. The van der Waals surface area contributed by atoms with Crippen LogP contribution in [0.15, 0.2) is 29.5 Å². The van der Waals surface area contributed by atoms with Crippen LogP contribution >= 0.6 is 0 Å². The average Bonchev–Trinajstić information content (AvgIpc) is 2.29. The third kappa shape index (κ3) is 0.866. The van der Waals surface area contributed by atoms with Crippen LogP contribution in [0.3, 0.4) is 0 Å². The zero-order valence-electron chi connectivity index (χ0n) is 5.61. The van der Waals surface area contributed by atoms with Crippen molar-refractivity contribution in [2.75, 3.05) is 0 Å². The van der Waals surface area contributed by atoms with Crippen molar-refractivity contribution in [2.24, 2.45) is 5.10 Å². The van der Waals surface area contributed by atoms with Crippen molar-refractivity contribution in [3.63, 3.8) is 0 Å². The van der Waals surface area contributed by atoms with E-state index in [1.165, 1.54) is 6.20 Å². The third-order valence-corrected chi connectivity index (χ3v) is 1.62. The molecule has 0 aromatic rings. The normalized spacial score (nSPS) is 25.3. The summed E-state index contributed by atoms with van der Waals surface area (Å²) in [6.45, 7) is -3.57. The van der Waals surface area contributed by atoms with Crippen LogP contribution in [0, 0.1) is 0 Å². The van der Waals surface area contributed by atoms with Crippen molar-refractivity contribution in [1.29, 1.82) is 0 Å².